The second-order valence-electron chi connectivity index (χ2n) is 3.37. The molecule has 0 spiro atoms. The predicted octanol–water partition coefficient (Wildman–Crippen LogP) is 2.54. The highest BCUT2D eigenvalue weighted by molar-refractivity contribution is 5.86. The van der Waals surface area contributed by atoms with Crippen molar-refractivity contribution in [3.8, 4) is 0 Å². The maximum absolute atomic E-state index is 10.6. The first-order chi connectivity index (χ1) is 7.78. The molecule has 0 N–H and O–H groups in total. The molecule has 0 aliphatic carbocycles. The third-order valence-electron chi connectivity index (χ3n) is 2.36. The van der Waals surface area contributed by atoms with Crippen molar-refractivity contribution in [3.63, 3.8) is 0 Å². The molecule has 0 saturated heterocycles. The van der Waals surface area contributed by atoms with E-state index < -0.39 is 6.29 Å². The lowest BCUT2D eigenvalue weighted by molar-refractivity contribution is -0.117. The van der Waals surface area contributed by atoms with Crippen molar-refractivity contribution in [2.75, 3.05) is 14.2 Å². The lowest BCUT2D eigenvalue weighted by Gasteiger charge is -2.08. The van der Waals surface area contributed by atoms with Gasteiger partial charge in [-0.05, 0) is 24.3 Å². The minimum atomic E-state index is -0.521. The summed E-state index contributed by atoms with van der Waals surface area (Å²) in [6.07, 6.45) is 0.281. The molecule has 0 bridgehead atoms. The van der Waals surface area contributed by atoms with Gasteiger partial charge in [-0.25, -0.2) is 0 Å². The highest BCUT2D eigenvalue weighted by atomic mass is 16.7. The van der Waals surface area contributed by atoms with Gasteiger partial charge >= 0.3 is 0 Å². The van der Waals surface area contributed by atoms with E-state index in [9.17, 15) is 4.79 Å². The molecule has 4 heteroatoms. The molecular weight excluding hydrogens is 208 g/mol. The van der Waals surface area contributed by atoms with Gasteiger partial charge in [0.1, 0.15) is 11.9 Å². The van der Waals surface area contributed by atoms with Crippen LogP contribution in [0.15, 0.2) is 28.7 Å². The van der Waals surface area contributed by atoms with E-state index in [0.717, 1.165) is 11.7 Å². The van der Waals surface area contributed by atoms with Gasteiger partial charge < -0.3 is 13.9 Å². The number of hydrogen-bond donors (Lipinski definition) is 0. The van der Waals surface area contributed by atoms with Gasteiger partial charge in [-0.1, -0.05) is 0 Å². The van der Waals surface area contributed by atoms with E-state index >= 15 is 0 Å². The summed E-state index contributed by atoms with van der Waals surface area (Å²) in [7, 11) is 3.08. The number of furan rings is 1. The fourth-order valence-corrected chi connectivity index (χ4v) is 1.60. The van der Waals surface area contributed by atoms with Crippen LogP contribution < -0.4 is 0 Å². The first kappa shape index (κ1) is 10.9. The number of aldehydes is 1. The van der Waals surface area contributed by atoms with Gasteiger partial charge in [0.15, 0.2) is 5.76 Å². The van der Waals surface area contributed by atoms with Gasteiger partial charge in [0.25, 0.3) is 0 Å². The Balaban J connectivity index is 2.46. The van der Waals surface area contributed by atoms with Crippen molar-refractivity contribution in [1.29, 1.82) is 0 Å². The van der Waals surface area contributed by atoms with Crippen molar-refractivity contribution in [3.05, 3.63) is 35.6 Å². The van der Waals surface area contributed by atoms with Crippen molar-refractivity contribution < 1.29 is 18.7 Å². The Labute approximate surface area is 92.8 Å². The third kappa shape index (κ3) is 1.85. The molecule has 0 unspecified atom stereocenters. The summed E-state index contributed by atoms with van der Waals surface area (Å²) in [5, 5.41) is 0.860. The molecule has 0 saturated carbocycles. The van der Waals surface area contributed by atoms with E-state index in [4.69, 9.17) is 13.9 Å². The van der Waals surface area contributed by atoms with Crippen LogP contribution in [0.1, 0.15) is 22.4 Å². The molecule has 16 heavy (non-hydrogen) atoms. The van der Waals surface area contributed by atoms with Gasteiger partial charge in [0, 0.05) is 25.2 Å². The molecule has 0 aliphatic rings. The number of carbonyl (C=O) groups excluding carboxylic acids is 1. The zero-order valence-corrected chi connectivity index (χ0v) is 9.10. The number of carbonyl (C=O) groups is 1. The van der Waals surface area contributed by atoms with Gasteiger partial charge in [-0.15, -0.1) is 0 Å². The fraction of sp³-hybridized carbons (Fsp3) is 0.250. The molecule has 1 heterocycles. The molecule has 1 aromatic heterocycles. The Morgan fingerprint density at radius 1 is 1.25 bits per heavy atom. The normalized spacial score (nSPS) is 11.2. The monoisotopic (exact) mass is 220 g/mol. The molecule has 0 aliphatic heterocycles. The first-order valence-electron chi connectivity index (χ1n) is 4.82. The van der Waals surface area contributed by atoms with E-state index in [2.05, 4.69) is 0 Å². The molecule has 0 amide bonds. The van der Waals surface area contributed by atoms with Crippen LogP contribution in [0, 0.1) is 0 Å². The molecule has 2 aromatic rings. The number of fused-ring (bicyclic) bond motifs is 1. The SMILES string of the molecule is COC(OC)c1cc2cc(C=O)ccc2o1. The lowest BCUT2D eigenvalue weighted by atomic mass is 10.2. The third-order valence-corrected chi connectivity index (χ3v) is 2.36. The molecule has 0 atom stereocenters. The van der Waals surface area contributed by atoms with Crippen LogP contribution >= 0.6 is 0 Å². The molecule has 0 radical (unpaired) electrons. The van der Waals surface area contributed by atoms with E-state index in [1.807, 2.05) is 0 Å². The summed E-state index contributed by atoms with van der Waals surface area (Å²) >= 11 is 0. The maximum Gasteiger partial charge on any atom is 0.216 e. The summed E-state index contributed by atoms with van der Waals surface area (Å²) in [6.45, 7) is 0. The van der Waals surface area contributed by atoms with Crippen LogP contribution in [0.2, 0.25) is 0 Å². The van der Waals surface area contributed by atoms with Crippen LogP contribution in [0.3, 0.4) is 0 Å². The predicted molar refractivity (Wildman–Crippen MR) is 58.4 cm³/mol. The standard InChI is InChI=1S/C12H12O4/c1-14-12(15-2)11-6-9-5-8(7-13)3-4-10(9)16-11/h3-7,12H,1-2H3. The second-order valence-corrected chi connectivity index (χ2v) is 3.37. The molecule has 2 rings (SSSR count). The second kappa shape index (κ2) is 4.47. The van der Waals surface area contributed by atoms with Crippen molar-refractivity contribution in [2.45, 2.75) is 6.29 Å². The van der Waals surface area contributed by atoms with E-state index in [1.165, 1.54) is 14.2 Å². The van der Waals surface area contributed by atoms with Gasteiger partial charge in [0.2, 0.25) is 6.29 Å². The Bertz CT molecular complexity index is 497. The minimum Gasteiger partial charge on any atom is -0.456 e. The molecular formula is C12H12O4. The summed E-state index contributed by atoms with van der Waals surface area (Å²) in [5.41, 5.74) is 1.32. The number of rotatable bonds is 4. The van der Waals surface area contributed by atoms with E-state index in [-0.39, 0.29) is 0 Å². The number of methoxy groups -OCH3 is 2. The average Bonchev–Trinajstić information content (AvgIpc) is 2.72. The van der Waals surface area contributed by atoms with Crippen molar-refractivity contribution in [1.82, 2.24) is 0 Å². The average molecular weight is 220 g/mol. The first-order valence-corrected chi connectivity index (χ1v) is 4.82. The summed E-state index contributed by atoms with van der Waals surface area (Å²) in [4.78, 5) is 10.6. The molecule has 0 fully saturated rings. The van der Waals surface area contributed by atoms with Crippen LogP contribution in [-0.2, 0) is 9.47 Å². The van der Waals surface area contributed by atoms with Gasteiger partial charge in [-0.3, -0.25) is 4.79 Å². The highest BCUT2D eigenvalue weighted by Gasteiger charge is 2.14. The van der Waals surface area contributed by atoms with Gasteiger partial charge in [-0.2, -0.15) is 0 Å². The highest BCUT2D eigenvalue weighted by Crippen LogP contribution is 2.26. The van der Waals surface area contributed by atoms with E-state index in [0.29, 0.717) is 16.9 Å². The summed E-state index contributed by atoms with van der Waals surface area (Å²) < 4.78 is 15.7. The Hall–Kier alpha value is -1.65. The Kier molecular flexibility index (Phi) is 3.03. The Morgan fingerprint density at radius 2 is 2.00 bits per heavy atom. The lowest BCUT2D eigenvalue weighted by Crippen LogP contribution is -2.01. The van der Waals surface area contributed by atoms with Crippen LogP contribution in [0.4, 0.5) is 0 Å². The van der Waals surface area contributed by atoms with Crippen LogP contribution in [-0.4, -0.2) is 20.5 Å². The summed E-state index contributed by atoms with van der Waals surface area (Å²) in [5.74, 6) is 0.586. The smallest absolute Gasteiger partial charge is 0.216 e. The molecule has 84 valence electrons. The van der Waals surface area contributed by atoms with E-state index in [1.54, 1.807) is 24.3 Å². The zero-order valence-electron chi connectivity index (χ0n) is 9.10. The topological polar surface area (TPSA) is 48.7 Å². The number of hydrogen-bond acceptors (Lipinski definition) is 4. The van der Waals surface area contributed by atoms with Crippen LogP contribution in [0.25, 0.3) is 11.0 Å². The minimum absolute atomic E-state index is 0.521. The fourth-order valence-electron chi connectivity index (χ4n) is 1.60. The van der Waals surface area contributed by atoms with Crippen LogP contribution in [0.5, 0.6) is 0 Å². The largest absolute Gasteiger partial charge is 0.456 e. The number of benzene rings is 1. The molecule has 1 aromatic carbocycles. The zero-order chi connectivity index (χ0) is 11.5. The summed E-state index contributed by atoms with van der Waals surface area (Å²) in [6, 6.07) is 7.03. The quantitative estimate of drug-likeness (QED) is 0.586. The number of ether oxygens (including phenoxy) is 2. The van der Waals surface area contributed by atoms with Crippen molar-refractivity contribution >= 4 is 17.3 Å². The van der Waals surface area contributed by atoms with Crippen molar-refractivity contribution in [2.24, 2.45) is 0 Å². The van der Waals surface area contributed by atoms with Gasteiger partial charge in [0.05, 0.1) is 0 Å². The maximum atomic E-state index is 10.6. The Morgan fingerprint density at radius 3 is 2.62 bits per heavy atom. The molecule has 4 nitrogen and oxygen atoms in total.